The Labute approximate surface area is 103 Å². The second kappa shape index (κ2) is 5.25. The van der Waals surface area contributed by atoms with E-state index in [1.54, 1.807) is 0 Å². The molecular formula is C13H21N3O. The standard InChI is InChI=1S/C13H21N3O/c1-10(2)9-17-13-11(14)5-6-12(15-13)16-7-3-4-8-16/h5-6,10H,3-4,7-9,14H2,1-2H3. The van der Waals surface area contributed by atoms with E-state index < -0.39 is 0 Å². The monoisotopic (exact) mass is 235 g/mol. The third-order valence-corrected chi connectivity index (χ3v) is 2.86. The van der Waals surface area contributed by atoms with Crippen LogP contribution in [0.3, 0.4) is 0 Å². The second-order valence-corrected chi connectivity index (χ2v) is 4.96. The molecular weight excluding hydrogens is 214 g/mol. The molecule has 2 heterocycles. The Morgan fingerprint density at radius 2 is 2.06 bits per heavy atom. The summed E-state index contributed by atoms with van der Waals surface area (Å²) in [7, 11) is 0. The van der Waals surface area contributed by atoms with Crippen LogP contribution in [-0.2, 0) is 0 Å². The van der Waals surface area contributed by atoms with Crippen molar-refractivity contribution in [3.8, 4) is 5.88 Å². The van der Waals surface area contributed by atoms with Gasteiger partial charge >= 0.3 is 0 Å². The number of nitrogens with zero attached hydrogens (tertiary/aromatic N) is 2. The van der Waals surface area contributed by atoms with Crippen LogP contribution >= 0.6 is 0 Å². The van der Waals surface area contributed by atoms with Gasteiger partial charge in [0.25, 0.3) is 0 Å². The summed E-state index contributed by atoms with van der Waals surface area (Å²) in [5, 5.41) is 0. The fraction of sp³-hybridized carbons (Fsp3) is 0.615. The Balaban J connectivity index is 2.11. The Morgan fingerprint density at radius 1 is 1.35 bits per heavy atom. The first-order valence-electron chi connectivity index (χ1n) is 6.31. The first-order chi connectivity index (χ1) is 8.16. The molecule has 2 N–H and O–H groups in total. The molecule has 0 spiro atoms. The van der Waals surface area contributed by atoms with Gasteiger partial charge in [-0.3, -0.25) is 0 Å². The summed E-state index contributed by atoms with van der Waals surface area (Å²) in [4.78, 5) is 6.78. The number of rotatable bonds is 4. The number of aromatic nitrogens is 1. The number of nitrogen functional groups attached to an aromatic ring is 1. The van der Waals surface area contributed by atoms with Crippen molar-refractivity contribution in [2.75, 3.05) is 30.3 Å². The molecule has 0 unspecified atom stereocenters. The Morgan fingerprint density at radius 3 is 2.71 bits per heavy atom. The summed E-state index contributed by atoms with van der Waals surface area (Å²) in [6, 6.07) is 3.86. The lowest BCUT2D eigenvalue weighted by Gasteiger charge is -2.18. The minimum absolute atomic E-state index is 0.478. The van der Waals surface area contributed by atoms with Crippen molar-refractivity contribution in [2.45, 2.75) is 26.7 Å². The molecule has 2 rings (SSSR count). The molecule has 0 radical (unpaired) electrons. The second-order valence-electron chi connectivity index (χ2n) is 4.96. The van der Waals surface area contributed by atoms with Crippen molar-refractivity contribution in [3.63, 3.8) is 0 Å². The van der Waals surface area contributed by atoms with E-state index in [0.29, 0.717) is 24.1 Å². The van der Waals surface area contributed by atoms with Crippen LogP contribution in [-0.4, -0.2) is 24.7 Å². The van der Waals surface area contributed by atoms with Gasteiger partial charge in [-0.15, -0.1) is 0 Å². The van der Waals surface area contributed by atoms with Crippen molar-refractivity contribution in [1.82, 2.24) is 4.98 Å². The smallest absolute Gasteiger partial charge is 0.239 e. The molecule has 0 aliphatic carbocycles. The van der Waals surface area contributed by atoms with Crippen LogP contribution < -0.4 is 15.4 Å². The predicted molar refractivity (Wildman–Crippen MR) is 70.4 cm³/mol. The quantitative estimate of drug-likeness (QED) is 0.870. The van der Waals surface area contributed by atoms with Crippen LogP contribution in [0.4, 0.5) is 11.5 Å². The lowest BCUT2D eigenvalue weighted by molar-refractivity contribution is 0.263. The molecule has 1 saturated heterocycles. The highest BCUT2D eigenvalue weighted by atomic mass is 16.5. The van der Waals surface area contributed by atoms with Crippen LogP contribution in [0.25, 0.3) is 0 Å². The van der Waals surface area contributed by atoms with E-state index in [1.807, 2.05) is 12.1 Å². The number of pyridine rings is 1. The van der Waals surface area contributed by atoms with Crippen LogP contribution in [0, 0.1) is 5.92 Å². The van der Waals surface area contributed by atoms with Gasteiger partial charge in [-0.1, -0.05) is 13.8 Å². The van der Waals surface area contributed by atoms with Crippen LogP contribution in [0.5, 0.6) is 5.88 Å². The van der Waals surface area contributed by atoms with E-state index in [-0.39, 0.29) is 0 Å². The maximum absolute atomic E-state index is 5.87. The third-order valence-electron chi connectivity index (χ3n) is 2.86. The van der Waals surface area contributed by atoms with Gasteiger partial charge in [-0.05, 0) is 30.9 Å². The molecule has 0 aromatic carbocycles. The molecule has 1 aliphatic rings. The highest BCUT2D eigenvalue weighted by Gasteiger charge is 2.15. The van der Waals surface area contributed by atoms with Crippen molar-refractivity contribution >= 4 is 11.5 Å². The van der Waals surface area contributed by atoms with Gasteiger partial charge in [-0.25, -0.2) is 0 Å². The highest BCUT2D eigenvalue weighted by Crippen LogP contribution is 2.25. The topological polar surface area (TPSA) is 51.4 Å². The van der Waals surface area contributed by atoms with Crippen LogP contribution in [0.15, 0.2) is 12.1 Å². The molecule has 4 heteroatoms. The van der Waals surface area contributed by atoms with Crippen LogP contribution in [0.1, 0.15) is 26.7 Å². The van der Waals surface area contributed by atoms with Gasteiger partial charge in [0, 0.05) is 13.1 Å². The number of hydrogen-bond donors (Lipinski definition) is 1. The molecule has 4 nitrogen and oxygen atoms in total. The highest BCUT2D eigenvalue weighted by molar-refractivity contribution is 5.54. The predicted octanol–water partition coefficient (Wildman–Crippen LogP) is 2.30. The largest absolute Gasteiger partial charge is 0.476 e. The molecule has 1 aliphatic heterocycles. The van der Waals surface area contributed by atoms with Gasteiger partial charge in [0.15, 0.2) is 0 Å². The summed E-state index contributed by atoms with van der Waals surface area (Å²) in [6.45, 7) is 7.04. The normalized spacial score (nSPS) is 15.6. The lowest BCUT2D eigenvalue weighted by Crippen LogP contribution is -2.19. The maximum atomic E-state index is 5.87. The fourth-order valence-corrected chi connectivity index (χ4v) is 1.93. The number of nitrogens with two attached hydrogens (primary N) is 1. The molecule has 0 amide bonds. The zero-order valence-corrected chi connectivity index (χ0v) is 10.6. The van der Waals surface area contributed by atoms with Crippen molar-refractivity contribution < 1.29 is 4.74 Å². The SMILES string of the molecule is CC(C)COc1nc(N2CCCC2)ccc1N. The summed E-state index contributed by atoms with van der Waals surface area (Å²) in [5.41, 5.74) is 6.49. The van der Waals surface area contributed by atoms with E-state index >= 15 is 0 Å². The molecule has 17 heavy (non-hydrogen) atoms. The van der Waals surface area contributed by atoms with E-state index in [2.05, 4.69) is 23.7 Å². The number of hydrogen-bond acceptors (Lipinski definition) is 4. The average molecular weight is 235 g/mol. The third kappa shape index (κ3) is 3.02. The first-order valence-corrected chi connectivity index (χ1v) is 6.31. The summed E-state index contributed by atoms with van der Waals surface area (Å²) in [5.74, 6) is 2.03. The van der Waals surface area contributed by atoms with Gasteiger partial charge in [-0.2, -0.15) is 4.98 Å². The molecule has 0 bridgehead atoms. The zero-order chi connectivity index (χ0) is 12.3. The molecule has 1 aromatic heterocycles. The Kier molecular flexibility index (Phi) is 3.71. The van der Waals surface area contributed by atoms with E-state index in [9.17, 15) is 0 Å². The van der Waals surface area contributed by atoms with E-state index in [4.69, 9.17) is 10.5 Å². The molecule has 1 fully saturated rings. The van der Waals surface area contributed by atoms with Crippen molar-refractivity contribution in [1.29, 1.82) is 0 Å². The summed E-state index contributed by atoms with van der Waals surface area (Å²) < 4.78 is 5.64. The van der Waals surface area contributed by atoms with Gasteiger partial charge in [0.2, 0.25) is 5.88 Å². The maximum Gasteiger partial charge on any atom is 0.239 e. The fourth-order valence-electron chi connectivity index (χ4n) is 1.93. The van der Waals surface area contributed by atoms with Gasteiger partial charge < -0.3 is 15.4 Å². The minimum atomic E-state index is 0.478. The lowest BCUT2D eigenvalue weighted by atomic mass is 10.2. The average Bonchev–Trinajstić information content (AvgIpc) is 2.81. The number of anilines is 2. The zero-order valence-electron chi connectivity index (χ0n) is 10.6. The van der Waals surface area contributed by atoms with Crippen LogP contribution in [0.2, 0.25) is 0 Å². The minimum Gasteiger partial charge on any atom is -0.476 e. The first kappa shape index (κ1) is 12.0. The van der Waals surface area contributed by atoms with Gasteiger partial charge in [0.1, 0.15) is 5.82 Å². The van der Waals surface area contributed by atoms with E-state index in [0.717, 1.165) is 18.9 Å². The molecule has 1 aromatic rings. The molecule has 0 atom stereocenters. The molecule has 0 saturated carbocycles. The van der Waals surface area contributed by atoms with E-state index in [1.165, 1.54) is 12.8 Å². The summed E-state index contributed by atoms with van der Waals surface area (Å²) >= 11 is 0. The Bertz CT molecular complexity index is 373. The van der Waals surface area contributed by atoms with Gasteiger partial charge in [0.05, 0.1) is 12.3 Å². The summed E-state index contributed by atoms with van der Waals surface area (Å²) in [6.07, 6.45) is 2.49. The number of ether oxygens (including phenoxy) is 1. The van der Waals surface area contributed by atoms with Crippen molar-refractivity contribution in [3.05, 3.63) is 12.1 Å². The van der Waals surface area contributed by atoms with Crippen molar-refractivity contribution in [2.24, 2.45) is 5.92 Å². The Hall–Kier alpha value is -1.45. The molecule has 94 valence electrons.